The highest BCUT2D eigenvalue weighted by atomic mass is 15.1. The molecule has 0 fully saturated rings. The van der Waals surface area contributed by atoms with E-state index >= 15 is 0 Å². The number of hydrogen-bond acceptors (Lipinski definition) is 1. The van der Waals surface area contributed by atoms with E-state index in [0.717, 1.165) is 5.92 Å². The van der Waals surface area contributed by atoms with Crippen molar-refractivity contribution in [3.63, 3.8) is 0 Å². The second-order valence-electron chi connectivity index (χ2n) is 6.54. The van der Waals surface area contributed by atoms with Crippen molar-refractivity contribution in [2.24, 2.45) is 5.92 Å². The van der Waals surface area contributed by atoms with E-state index in [1.54, 1.807) is 22.3 Å². The van der Waals surface area contributed by atoms with Crippen LogP contribution in [0.15, 0.2) is 48.5 Å². The molecule has 2 bridgehead atoms. The molecule has 1 heteroatoms. The largest absolute Gasteiger partial charge is 0.309 e. The molecular weight excluding hydrogens is 242 g/mol. The van der Waals surface area contributed by atoms with E-state index in [-0.39, 0.29) is 0 Å². The van der Waals surface area contributed by atoms with Crippen LogP contribution in [0.3, 0.4) is 0 Å². The second-order valence-corrected chi connectivity index (χ2v) is 6.54. The van der Waals surface area contributed by atoms with E-state index in [1.807, 2.05) is 0 Å². The van der Waals surface area contributed by atoms with Gasteiger partial charge in [0, 0.05) is 12.5 Å². The lowest BCUT2D eigenvalue weighted by molar-refractivity contribution is 0.274. The molecule has 2 aliphatic rings. The first-order chi connectivity index (χ1) is 9.75. The van der Waals surface area contributed by atoms with Crippen molar-refractivity contribution in [2.75, 3.05) is 20.6 Å². The van der Waals surface area contributed by atoms with Crippen LogP contribution >= 0.6 is 0 Å². The number of hydrogen-bond donors (Lipinski definition) is 0. The van der Waals surface area contributed by atoms with Crippen LogP contribution in [0.2, 0.25) is 0 Å². The molecule has 3 atom stereocenters. The number of fused-ring (bicyclic) bond motifs is 7. The van der Waals surface area contributed by atoms with Gasteiger partial charge in [-0.2, -0.15) is 0 Å². The van der Waals surface area contributed by atoms with Gasteiger partial charge in [-0.3, -0.25) is 0 Å². The number of nitrogens with zero attached hydrogens (tertiary/aromatic N) is 1. The molecule has 0 aromatic heterocycles. The summed E-state index contributed by atoms with van der Waals surface area (Å²) < 4.78 is 0. The maximum absolute atomic E-state index is 2.36. The molecule has 4 rings (SSSR count). The monoisotopic (exact) mass is 263 g/mol. The van der Waals surface area contributed by atoms with Gasteiger partial charge < -0.3 is 4.90 Å². The summed E-state index contributed by atoms with van der Waals surface area (Å²) in [7, 11) is 4.40. The van der Waals surface area contributed by atoms with Crippen LogP contribution in [0.1, 0.15) is 34.1 Å². The van der Waals surface area contributed by atoms with E-state index < -0.39 is 0 Å². The Hall–Kier alpha value is -1.60. The molecule has 0 radical (unpaired) electrons. The maximum Gasteiger partial charge on any atom is 0.0141 e. The Morgan fingerprint density at radius 2 is 1.55 bits per heavy atom. The molecule has 0 saturated heterocycles. The zero-order valence-corrected chi connectivity index (χ0v) is 12.2. The average molecular weight is 263 g/mol. The van der Waals surface area contributed by atoms with Gasteiger partial charge in [-0.05, 0) is 54.6 Å². The molecule has 2 aromatic rings. The van der Waals surface area contributed by atoms with E-state index in [2.05, 4.69) is 67.5 Å². The van der Waals surface area contributed by atoms with Gasteiger partial charge in [-0.15, -0.1) is 0 Å². The molecular formula is C19H21N. The predicted molar refractivity (Wildman–Crippen MR) is 83.2 cm³/mol. The summed E-state index contributed by atoms with van der Waals surface area (Å²) in [6.07, 6.45) is 1.21. The van der Waals surface area contributed by atoms with E-state index in [0.29, 0.717) is 11.8 Å². The molecule has 2 aromatic carbocycles. The topological polar surface area (TPSA) is 3.24 Å². The molecule has 0 unspecified atom stereocenters. The lowest BCUT2D eigenvalue weighted by atomic mass is 9.73. The fourth-order valence-electron chi connectivity index (χ4n) is 4.40. The summed E-state index contributed by atoms with van der Waals surface area (Å²) in [4.78, 5) is 2.35. The Balaban J connectivity index is 1.89. The van der Waals surface area contributed by atoms with Crippen molar-refractivity contribution in [3.05, 3.63) is 70.8 Å². The third kappa shape index (κ3) is 1.66. The van der Waals surface area contributed by atoms with Crippen LogP contribution in [0.25, 0.3) is 0 Å². The molecule has 0 amide bonds. The third-order valence-corrected chi connectivity index (χ3v) is 5.08. The van der Waals surface area contributed by atoms with Gasteiger partial charge >= 0.3 is 0 Å². The minimum Gasteiger partial charge on any atom is -0.309 e. The smallest absolute Gasteiger partial charge is 0.0141 e. The minimum atomic E-state index is 0.601. The van der Waals surface area contributed by atoms with Gasteiger partial charge in [0.1, 0.15) is 0 Å². The molecule has 0 heterocycles. The average Bonchev–Trinajstić information content (AvgIpc) is 2.65. The van der Waals surface area contributed by atoms with Crippen LogP contribution in [0, 0.1) is 5.92 Å². The van der Waals surface area contributed by atoms with Gasteiger partial charge in [-0.1, -0.05) is 48.5 Å². The Morgan fingerprint density at radius 3 is 2.30 bits per heavy atom. The van der Waals surface area contributed by atoms with Crippen molar-refractivity contribution in [1.82, 2.24) is 4.90 Å². The summed E-state index contributed by atoms with van der Waals surface area (Å²) in [6, 6.07) is 18.2. The van der Waals surface area contributed by atoms with Crippen molar-refractivity contribution >= 4 is 0 Å². The van der Waals surface area contributed by atoms with Crippen molar-refractivity contribution < 1.29 is 0 Å². The Bertz CT molecular complexity index is 633. The first-order valence-electron chi connectivity index (χ1n) is 7.57. The third-order valence-electron chi connectivity index (χ3n) is 5.08. The normalized spacial score (nSPS) is 26.4. The summed E-state index contributed by atoms with van der Waals surface area (Å²) >= 11 is 0. The highest BCUT2D eigenvalue weighted by Gasteiger charge is 2.45. The SMILES string of the molecule is CN(C)C[C@H]1[C@H]2c3ccccc3C[C@@H]1c1ccccc12. The van der Waals surface area contributed by atoms with Gasteiger partial charge in [0.15, 0.2) is 0 Å². The Morgan fingerprint density at radius 1 is 0.900 bits per heavy atom. The second kappa shape index (κ2) is 4.46. The molecule has 0 saturated carbocycles. The Labute approximate surface area is 121 Å². The van der Waals surface area contributed by atoms with E-state index in [4.69, 9.17) is 0 Å². The molecule has 0 aliphatic heterocycles. The molecule has 1 nitrogen and oxygen atoms in total. The zero-order chi connectivity index (χ0) is 13.7. The van der Waals surface area contributed by atoms with Crippen molar-refractivity contribution in [2.45, 2.75) is 18.3 Å². The van der Waals surface area contributed by atoms with Crippen molar-refractivity contribution in [1.29, 1.82) is 0 Å². The van der Waals surface area contributed by atoms with E-state index in [1.165, 1.54) is 13.0 Å². The molecule has 0 spiro atoms. The summed E-state index contributed by atoms with van der Waals surface area (Å²) in [6.45, 7) is 1.18. The molecule has 20 heavy (non-hydrogen) atoms. The maximum atomic E-state index is 2.36. The zero-order valence-electron chi connectivity index (χ0n) is 12.2. The number of rotatable bonds is 2. The highest BCUT2D eigenvalue weighted by Crippen LogP contribution is 2.55. The lowest BCUT2D eigenvalue weighted by Crippen LogP contribution is -2.31. The van der Waals surface area contributed by atoms with Crippen LogP contribution in [-0.4, -0.2) is 25.5 Å². The van der Waals surface area contributed by atoms with Gasteiger partial charge in [0.05, 0.1) is 0 Å². The van der Waals surface area contributed by atoms with Crippen LogP contribution in [0.5, 0.6) is 0 Å². The molecule has 0 N–H and O–H groups in total. The standard InChI is InChI=1S/C19H21N/c1-20(2)12-18-17-11-13-7-3-4-8-14(13)19(18)16-10-6-5-9-15(16)17/h3-10,17-19H,11-12H2,1-2H3/t17-,18-,19+/m1/s1. The number of benzene rings is 2. The highest BCUT2D eigenvalue weighted by molar-refractivity contribution is 5.52. The summed E-state index contributed by atoms with van der Waals surface area (Å²) in [5.74, 6) is 2.04. The molecule has 102 valence electrons. The van der Waals surface area contributed by atoms with Crippen molar-refractivity contribution in [3.8, 4) is 0 Å². The summed E-state index contributed by atoms with van der Waals surface area (Å²) in [5, 5.41) is 0. The van der Waals surface area contributed by atoms with E-state index in [9.17, 15) is 0 Å². The van der Waals surface area contributed by atoms with Gasteiger partial charge in [-0.25, -0.2) is 0 Å². The van der Waals surface area contributed by atoms with Gasteiger partial charge in [0.2, 0.25) is 0 Å². The van der Waals surface area contributed by atoms with Crippen LogP contribution in [-0.2, 0) is 6.42 Å². The van der Waals surface area contributed by atoms with Crippen LogP contribution < -0.4 is 0 Å². The van der Waals surface area contributed by atoms with Gasteiger partial charge in [0.25, 0.3) is 0 Å². The molecule has 2 aliphatic carbocycles. The fraction of sp³-hybridized carbons (Fsp3) is 0.368. The fourth-order valence-corrected chi connectivity index (χ4v) is 4.40. The minimum absolute atomic E-state index is 0.601. The quantitative estimate of drug-likeness (QED) is 0.799. The predicted octanol–water partition coefficient (Wildman–Crippen LogP) is 3.65. The van der Waals surface area contributed by atoms with Crippen LogP contribution in [0.4, 0.5) is 0 Å². The lowest BCUT2D eigenvalue weighted by Gasteiger charge is -2.34. The summed E-state index contributed by atoms with van der Waals surface area (Å²) in [5.41, 5.74) is 6.31. The first kappa shape index (κ1) is 12.2. The first-order valence-corrected chi connectivity index (χ1v) is 7.57. The Kier molecular flexibility index (Phi) is 2.71.